The Kier molecular flexibility index (Phi) is 4.81. The van der Waals surface area contributed by atoms with Crippen LogP contribution in [-0.4, -0.2) is 71.8 Å². The molecule has 0 spiro atoms. The third kappa shape index (κ3) is 4.21. The zero-order valence-electron chi connectivity index (χ0n) is 11.4. The molecule has 1 unspecified atom stereocenters. The molecular formula is C12H20N4O2S. The smallest absolute Gasteiger partial charge is 0.233 e. The van der Waals surface area contributed by atoms with Crippen molar-refractivity contribution in [1.29, 1.82) is 0 Å². The fourth-order valence-corrected chi connectivity index (χ4v) is 2.95. The van der Waals surface area contributed by atoms with Gasteiger partial charge in [0, 0.05) is 32.6 Å². The van der Waals surface area contributed by atoms with Crippen molar-refractivity contribution < 1.29 is 9.59 Å². The van der Waals surface area contributed by atoms with Crippen LogP contribution >= 0.6 is 11.8 Å². The highest BCUT2D eigenvalue weighted by Gasteiger charge is 2.22. The van der Waals surface area contributed by atoms with Crippen LogP contribution in [-0.2, 0) is 9.59 Å². The van der Waals surface area contributed by atoms with Gasteiger partial charge in [0.05, 0.1) is 11.8 Å². The van der Waals surface area contributed by atoms with E-state index < -0.39 is 0 Å². The summed E-state index contributed by atoms with van der Waals surface area (Å²) in [6.45, 7) is 5.31. The molecule has 2 rings (SSSR count). The molecule has 2 heterocycles. The van der Waals surface area contributed by atoms with E-state index in [0.29, 0.717) is 17.3 Å². The largest absolute Gasteiger partial charge is 0.339 e. The van der Waals surface area contributed by atoms with Gasteiger partial charge in [0.25, 0.3) is 0 Å². The number of carbonyl (C=O) groups is 2. The highest BCUT2D eigenvalue weighted by atomic mass is 32.2. The minimum absolute atomic E-state index is 0.00925. The summed E-state index contributed by atoms with van der Waals surface area (Å²) in [4.78, 5) is 31.8. The summed E-state index contributed by atoms with van der Waals surface area (Å²) in [5.74, 6) is 0.445. The van der Waals surface area contributed by atoms with Crippen LogP contribution in [0, 0.1) is 0 Å². The molecule has 2 aliphatic heterocycles. The maximum Gasteiger partial charge on any atom is 0.233 e. The van der Waals surface area contributed by atoms with Gasteiger partial charge in [-0.15, -0.1) is 0 Å². The Labute approximate surface area is 117 Å². The minimum atomic E-state index is -0.0166. The fourth-order valence-electron chi connectivity index (χ4n) is 2.07. The molecule has 1 saturated heterocycles. The van der Waals surface area contributed by atoms with Crippen LogP contribution in [0.25, 0.3) is 0 Å². The first-order valence-corrected chi connectivity index (χ1v) is 7.50. The Balaban J connectivity index is 1.79. The van der Waals surface area contributed by atoms with Crippen molar-refractivity contribution in [2.45, 2.75) is 19.4 Å². The lowest BCUT2D eigenvalue weighted by Gasteiger charge is -2.32. The molecule has 0 aromatic rings. The molecule has 1 atom stereocenters. The number of hydrogen-bond donors (Lipinski definition) is 1. The quantitative estimate of drug-likeness (QED) is 0.760. The standard InChI is InChI=1S/C12H20N4O2S/c1-9-7-10(17)14-12(13-9)19-8-11(18)16-5-3-15(2)4-6-16/h9H,3-8H2,1-2H3,(H,13,14,17). The maximum atomic E-state index is 12.0. The van der Waals surface area contributed by atoms with Gasteiger partial charge in [-0.1, -0.05) is 11.8 Å². The summed E-state index contributed by atoms with van der Waals surface area (Å²) >= 11 is 1.32. The molecule has 0 aliphatic carbocycles. The third-order valence-corrected chi connectivity index (χ3v) is 4.13. The number of hydrogen-bond acceptors (Lipinski definition) is 5. The zero-order chi connectivity index (χ0) is 13.8. The second kappa shape index (κ2) is 6.38. The van der Waals surface area contributed by atoms with Gasteiger partial charge in [0.2, 0.25) is 11.8 Å². The number of piperazine rings is 1. The van der Waals surface area contributed by atoms with E-state index in [1.165, 1.54) is 11.8 Å². The number of nitrogens with zero attached hydrogens (tertiary/aromatic N) is 3. The number of amidine groups is 1. The molecule has 2 aliphatic rings. The number of aliphatic imine (C=N–C) groups is 1. The number of likely N-dealkylation sites (N-methyl/N-ethyl adjacent to an activating group) is 1. The molecule has 0 bridgehead atoms. The van der Waals surface area contributed by atoms with Crippen LogP contribution in [0.15, 0.2) is 4.99 Å². The number of thioether (sulfide) groups is 1. The summed E-state index contributed by atoms with van der Waals surface area (Å²) < 4.78 is 0. The van der Waals surface area contributed by atoms with Crippen molar-refractivity contribution in [2.75, 3.05) is 39.0 Å². The summed E-state index contributed by atoms with van der Waals surface area (Å²) in [5, 5.41) is 3.28. The molecule has 0 saturated carbocycles. The number of rotatable bonds is 2. The van der Waals surface area contributed by atoms with Crippen LogP contribution in [0.5, 0.6) is 0 Å². The summed E-state index contributed by atoms with van der Waals surface area (Å²) in [5.41, 5.74) is 0. The predicted octanol–water partition coefficient (Wildman–Crippen LogP) is -0.242. The van der Waals surface area contributed by atoms with Gasteiger partial charge < -0.3 is 15.1 Å². The minimum Gasteiger partial charge on any atom is -0.339 e. The Morgan fingerprint density at radius 2 is 2.11 bits per heavy atom. The second-order valence-corrected chi connectivity index (χ2v) is 5.97. The second-order valence-electron chi connectivity index (χ2n) is 5.01. The van der Waals surface area contributed by atoms with Crippen LogP contribution in [0.1, 0.15) is 13.3 Å². The molecule has 1 fully saturated rings. The van der Waals surface area contributed by atoms with Crippen molar-refractivity contribution in [1.82, 2.24) is 15.1 Å². The van der Waals surface area contributed by atoms with Crippen LogP contribution in [0.4, 0.5) is 0 Å². The average Bonchev–Trinajstić information content (AvgIpc) is 2.36. The zero-order valence-corrected chi connectivity index (χ0v) is 12.2. The van der Waals surface area contributed by atoms with E-state index in [1.54, 1.807) is 0 Å². The molecular weight excluding hydrogens is 264 g/mol. The summed E-state index contributed by atoms with van der Waals surface area (Å²) in [7, 11) is 2.06. The Morgan fingerprint density at radius 3 is 2.74 bits per heavy atom. The molecule has 1 N–H and O–H groups in total. The van der Waals surface area contributed by atoms with Crippen LogP contribution < -0.4 is 5.32 Å². The normalized spacial score (nSPS) is 24.9. The molecule has 2 amide bonds. The first-order chi connectivity index (χ1) is 9.04. The van der Waals surface area contributed by atoms with E-state index in [9.17, 15) is 9.59 Å². The summed E-state index contributed by atoms with van der Waals surface area (Å²) in [6, 6.07) is 0.00925. The summed E-state index contributed by atoms with van der Waals surface area (Å²) in [6.07, 6.45) is 0.427. The molecule has 0 aromatic heterocycles. The van der Waals surface area contributed by atoms with Gasteiger partial charge in [0.15, 0.2) is 5.17 Å². The van der Waals surface area contributed by atoms with Gasteiger partial charge in [0.1, 0.15) is 0 Å². The SMILES string of the molecule is CC1CC(=O)NC(SCC(=O)N2CCN(C)CC2)=N1. The van der Waals surface area contributed by atoms with Gasteiger partial charge in [-0.25, -0.2) is 0 Å². The first-order valence-electron chi connectivity index (χ1n) is 6.51. The lowest BCUT2D eigenvalue weighted by molar-refractivity contribution is -0.129. The third-order valence-electron chi connectivity index (χ3n) is 3.25. The van der Waals surface area contributed by atoms with E-state index in [0.717, 1.165) is 26.2 Å². The van der Waals surface area contributed by atoms with E-state index in [-0.39, 0.29) is 17.9 Å². The van der Waals surface area contributed by atoms with E-state index in [1.807, 2.05) is 11.8 Å². The number of amides is 2. The van der Waals surface area contributed by atoms with Gasteiger partial charge in [-0.3, -0.25) is 14.6 Å². The highest BCUT2D eigenvalue weighted by Crippen LogP contribution is 2.12. The topological polar surface area (TPSA) is 65.0 Å². The predicted molar refractivity (Wildman–Crippen MR) is 76.2 cm³/mol. The molecule has 0 radical (unpaired) electrons. The van der Waals surface area contributed by atoms with Crippen molar-refractivity contribution >= 4 is 28.7 Å². The Bertz CT molecular complexity index is 391. The monoisotopic (exact) mass is 284 g/mol. The maximum absolute atomic E-state index is 12.0. The molecule has 106 valence electrons. The van der Waals surface area contributed by atoms with Crippen molar-refractivity contribution in [3.8, 4) is 0 Å². The Morgan fingerprint density at radius 1 is 1.42 bits per heavy atom. The molecule has 7 heteroatoms. The van der Waals surface area contributed by atoms with Crippen LogP contribution in [0.2, 0.25) is 0 Å². The lowest BCUT2D eigenvalue weighted by Crippen LogP contribution is -2.48. The van der Waals surface area contributed by atoms with E-state index in [4.69, 9.17) is 0 Å². The van der Waals surface area contributed by atoms with Crippen LogP contribution in [0.3, 0.4) is 0 Å². The molecule has 0 aromatic carbocycles. The van der Waals surface area contributed by atoms with Crippen molar-refractivity contribution in [3.05, 3.63) is 0 Å². The highest BCUT2D eigenvalue weighted by molar-refractivity contribution is 8.14. The molecule has 19 heavy (non-hydrogen) atoms. The fraction of sp³-hybridized carbons (Fsp3) is 0.750. The van der Waals surface area contributed by atoms with Crippen molar-refractivity contribution in [2.24, 2.45) is 4.99 Å². The number of nitrogens with one attached hydrogen (secondary N) is 1. The van der Waals surface area contributed by atoms with E-state index >= 15 is 0 Å². The van der Waals surface area contributed by atoms with Gasteiger partial charge >= 0.3 is 0 Å². The Hall–Kier alpha value is -1.08. The average molecular weight is 284 g/mol. The number of carbonyl (C=O) groups excluding carboxylic acids is 2. The van der Waals surface area contributed by atoms with Gasteiger partial charge in [-0.2, -0.15) is 0 Å². The molecule has 6 nitrogen and oxygen atoms in total. The van der Waals surface area contributed by atoms with Crippen molar-refractivity contribution in [3.63, 3.8) is 0 Å². The lowest BCUT2D eigenvalue weighted by atomic mass is 10.2. The van der Waals surface area contributed by atoms with Gasteiger partial charge in [-0.05, 0) is 14.0 Å². The van der Waals surface area contributed by atoms with E-state index in [2.05, 4.69) is 22.3 Å². The first kappa shape index (κ1) is 14.3.